The summed E-state index contributed by atoms with van der Waals surface area (Å²) in [6.45, 7) is 1.80. The maximum atomic E-state index is 13.4. The third kappa shape index (κ3) is 2.51. The van der Waals surface area contributed by atoms with Crippen LogP contribution in [-0.2, 0) is 0 Å². The van der Waals surface area contributed by atoms with Gasteiger partial charge in [-0.3, -0.25) is 0 Å². The van der Waals surface area contributed by atoms with Gasteiger partial charge in [-0.15, -0.1) is 11.3 Å². The van der Waals surface area contributed by atoms with Gasteiger partial charge in [-0.25, -0.2) is 14.2 Å². The van der Waals surface area contributed by atoms with Crippen molar-refractivity contribution in [1.82, 2.24) is 4.98 Å². The lowest BCUT2D eigenvalue weighted by Gasteiger charge is -2.09. The number of carbonyl (C=O) groups is 1. The molecule has 0 aliphatic heterocycles. The third-order valence-corrected chi connectivity index (χ3v) is 3.64. The van der Waals surface area contributed by atoms with E-state index in [0.717, 1.165) is 16.9 Å². The van der Waals surface area contributed by atoms with Gasteiger partial charge in [0.25, 0.3) is 0 Å². The number of aryl methyl sites for hydroxylation is 1. The van der Waals surface area contributed by atoms with Gasteiger partial charge in [0.1, 0.15) is 10.8 Å². The number of nitrogens with one attached hydrogen (secondary N) is 1. The number of halogens is 2. The van der Waals surface area contributed by atoms with Crippen LogP contribution >= 0.6 is 27.3 Å². The van der Waals surface area contributed by atoms with Crippen molar-refractivity contribution in [3.05, 3.63) is 39.2 Å². The summed E-state index contributed by atoms with van der Waals surface area (Å²) >= 11 is 4.24. The summed E-state index contributed by atoms with van der Waals surface area (Å²) in [5, 5.41) is 12.2. The van der Waals surface area contributed by atoms with Crippen molar-refractivity contribution in [1.29, 1.82) is 0 Å². The fraction of sp³-hybridized carbons (Fsp3) is 0.0909. The van der Waals surface area contributed by atoms with Crippen molar-refractivity contribution in [3.8, 4) is 0 Å². The molecule has 4 nitrogen and oxygen atoms in total. The molecule has 0 saturated heterocycles. The van der Waals surface area contributed by atoms with Crippen molar-refractivity contribution >= 4 is 43.9 Å². The largest absolute Gasteiger partial charge is 0.476 e. The molecule has 1 heterocycles. The van der Waals surface area contributed by atoms with E-state index >= 15 is 0 Å². The Kier molecular flexibility index (Phi) is 3.63. The van der Waals surface area contributed by atoms with E-state index in [1.807, 2.05) is 0 Å². The van der Waals surface area contributed by atoms with Crippen LogP contribution in [0.3, 0.4) is 0 Å². The molecule has 1 aromatic heterocycles. The highest BCUT2D eigenvalue weighted by Gasteiger charge is 2.15. The summed E-state index contributed by atoms with van der Waals surface area (Å²) in [5.41, 5.74) is 2.68. The minimum Gasteiger partial charge on any atom is -0.476 e. The molecule has 0 aliphatic rings. The first kappa shape index (κ1) is 13.0. The summed E-state index contributed by atoms with van der Waals surface area (Å²) in [4.78, 5) is 14.6. The summed E-state index contributed by atoms with van der Waals surface area (Å²) in [6, 6.07) is 2.93. The van der Waals surface area contributed by atoms with Gasteiger partial charge >= 0.3 is 5.97 Å². The lowest BCUT2D eigenvalue weighted by Crippen LogP contribution is -2.02. The number of hydrogen-bond donors (Lipinski definition) is 2. The molecule has 0 atom stereocenters. The van der Waals surface area contributed by atoms with Gasteiger partial charge in [-0.2, -0.15) is 0 Å². The smallest absolute Gasteiger partial charge is 0.357 e. The Balaban J connectivity index is 2.37. The Hall–Kier alpha value is -1.47. The van der Waals surface area contributed by atoms with Gasteiger partial charge in [0.05, 0.1) is 9.98 Å². The van der Waals surface area contributed by atoms with Crippen LogP contribution in [0.25, 0.3) is 0 Å². The standard InChI is InChI=1S/C11H8BrFN2O2S/c1-5-2-6(12)7(13)3-8(5)15-10-9(11(16)17)14-4-18-10/h2-4,15H,1H3,(H,16,17). The maximum Gasteiger partial charge on any atom is 0.357 e. The molecule has 0 bridgehead atoms. The average molecular weight is 331 g/mol. The monoisotopic (exact) mass is 330 g/mol. The second-order valence-electron chi connectivity index (χ2n) is 3.54. The lowest BCUT2D eigenvalue weighted by atomic mass is 10.2. The average Bonchev–Trinajstić information content (AvgIpc) is 2.74. The third-order valence-electron chi connectivity index (χ3n) is 2.29. The fourth-order valence-electron chi connectivity index (χ4n) is 1.39. The van der Waals surface area contributed by atoms with Crippen LogP contribution in [0.4, 0.5) is 15.1 Å². The van der Waals surface area contributed by atoms with E-state index in [1.54, 1.807) is 13.0 Å². The summed E-state index contributed by atoms with van der Waals surface area (Å²) in [6.07, 6.45) is 0. The lowest BCUT2D eigenvalue weighted by molar-refractivity contribution is 0.0692. The van der Waals surface area contributed by atoms with Gasteiger partial charge in [0, 0.05) is 5.69 Å². The predicted octanol–water partition coefficient (Wildman–Crippen LogP) is 3.79. The number of aromatic carboxylic acids is 1. The van der Waals surface area contributed by atoms with Crippen molar-refractivity contribution in [3.63, 3.8) is 0 Å². The molecule has 2 aromatic rings. The minimum absolute atomic E-state index is 0.0669. The van der Waals surface area contributed by atoms with E-state index in [1.165, 1.54) is 11.6 Å². The van der Waals surface area contributed by atoms with Gasteiger partial charge in [0.2, 0.25) is 0 Å². The highest BCUT2D eigenvalue weighted by molar-refractivity contribution is 9.10. The quantitative estimate of drug-likeness (QED) is 0.898. The maximum absolute atomic E-state index is 13.4. The zero-order chi connectivity index (χ0) is 13.3. The van der Waals surface area contributed by atoms with E-state index in [9.17, 15) is 9.18 Å². The number of hydrogen-bond acceptors (Lipinski definition) is 4. The van der Waals surface area contributed by atoms with Crippen molar-refractivity contribution in [2.24, 2.45) is 0 Å². The summed E-state index contributed by atoms with van der Waals surface area (Å²) < 4.78 is 13.8. The molecule has 18 heavy (non-hydrogen) atoms. The van der Waals surface area contributed by atoms with Crippen LogP contribution in [0, 0.1) is 12.7 Å². The summed E-state index contributed by atoms with van der Waals surface area (Å²) in [5.74, 6) is -1.53. The zero-order valence-corrected chi connectivity index (χ0v) is 11.6. The molecule has 0 fully saturated rings. The first-order chi connectivity index (χ1) is 8.49. The first-order valence-corrected chi connectivity index (χ1v) is 6.55. The molecule has 0 unspecified atom stereocenters. The topological polar surface area (TPSA) is 62.2 Å². The number of rotatable bonds is 3. The van der Waals surface area contributed by atoms with Crippen LogP contribution in [-0.4, -0.2) is 16.1 Å². The van der Waals surface area contributed by atoms with Gasteiger partial charge in [-0.05, 0) is 40.5 Å². The molecule has 7 heteroatoms. The van der Waals surface area contributed by atoms with E-state index in [-0.39, 0.29) is 5.69 Å². The molecular weight excluding hydrogens is 323 g/mol. The molecular formula is C11H8BrFN2O2S. The van der Waals surface area contributed by atoms with Crippen molar-refractivity contribution < 1.29 is 14.3 Å². The highest BCUT2D eigenvalue weighted by Crippen LogP contribution is 2.29. The number of nitrogens with zero attached hydrogens (tertiary/aromatic N) is 1. The normalized spacial score (nSPS) is 10.4. The van der Waals surface area contributed by atoms with Gasteiger partial charge in [0.15, 0.2) is 5.69 Å². The Labute approximate surface area is 115 Å². The highest BCUT2D eigenvalue weighted by atomic mass is 79.9. The van der Waals surface area contributed by atoms with Crippen LogP contribution in [0.5, 0.6) is 0 Å². The molecule has 2 rings (SSSR count). The number of anilines is 2. The molecule has 94 valence electrons. The first-order valence-electron chi connectivity index (χ1n) is 4.88. The van der Waals surface area contributed by atoms with Crippen LogP contribution in [0.2, 0.25) is 0 Å². The number of aromatic nitrogens is 1. The van der Waals surface area contributed by atoms with Crippen molar-refractivity contribution in [2.75, 3.05) is 5.32 Å². The van der Waals surface area contributed by atoms with Crippen LogP contribution in [0.1, 0.15) is 16.1 Å². The molecule has 0 amide bonds. The van der Waals surface area contributed by atoms with E-state index in [2.05, 4.69) is 26.2 Å². The second kappa shape index (κ2) is 5.03. The predicted molar refractivity (Wildman–Crippen MR) is 71.2 cm³/mol. The van der Waals surface area contributed by atoms with E-state index < -0.39 is 11.8 Å². The van der Waals surface area contributed by atoms with Gasteiger partial charge in [-0.1, -0.05) is 0 Å². The molecule has 0 saturated carbocycles. The number of carboxylic acids is 1. The minimum atomic E-state index is -1.12. The Morgan fingerprint density at radius 2 is 2.28 bits per heavy atom. The number of carboxylic acid groups (broad SMARTS) is 1. The van der Waals surface area contributed by atoms with E-state index in [4.69, 9.17) is 5.11 Å². The Bertz CT molecular complexity index is 615. The summed E-state index contributed by atoms with van der Waals surface area (Å²) in [7, 11) is 0. The molecule has 0 spiro atoms. The Morgan fingerprint density at radius 3 is 2.94 bits per heavy atom. The molecule has 1 aromatic carbocycles. The molecule has 0 radical (unpaired) electrons. The number of benzene rings is 1. The van der Waals surface area contributed by atoms with Crippen molar-refractivity contribution in [2.45, 2.75) is 6.92 Å². The van der Waals surface area contributed by atoms with Crippen LogP contribution in [0.15, 0.2) is 22.1 Å². The fourth-order valence-corrected chi connectivity index (χ4v) is 2.53. The molecule has 2 N–H and O–H groups in total. The zero-order valence-electron chi connectivity index (χ0n) is 9.20. The SMILES string of the molecule is Cc1cc(Br)c(F)cc1Nc1scnc1C(=O)O. The number of thiazole rings is 1. The molecule has 0 aliphatic carbocycles. The van der Waals surface area contributed by atoms with Gasteiger partial charge < -0.3 is 10.4 Å². The van der Waals surface area contributed by atoms with E-state index in [0.29, 0.717) is 15.2 Å². The Morgan fingerprint density at radius 1 is 1.56 bits per heavy atom. The second-order valence-corrected chi connectivity index (χ2v) is 5.25. The van der Waals surface area contributed by atoms with Crippen LogP contribution < -0.4 is 5.32 Å².